The molecule has 1 N–H and O–H groups in total. The summed E-state index contributed by atoms with van der Waals surface area (Å²) >= 11 is 0. The number of methoxy groups -OCH3 is 1. The monoisotopic (exact) mass is 423 g/mol. The van der Waals surface area contributed by atoms with E-state index in [1.807, 2.05) is 47.4 Å². The molecule has 31 heavy (non-hydrogen) atoms. The fourth-order valence-corrected chi connectivity index (χ4v) is 3.78. The van der Waals surface area contributed by atoms with Gasteiger partial charge in [-0.1, -0.05) is 42.5 Å². The van der Waals surface area contributed by atoms with Crippen LogP contribution in [0.1, 0.15) is 24.0 Å². The molecule has 0 aliphatic carbocycles. The van der Waals surface area contributed by atoms with Crippen LogP contribution in [-0.4, -0.2) is 68.0 Å². The number of carbonyl (C=O) groups is 2. The predicted octanol–water partition coefficient (Wildman–Crippen LogP) is 2.52. The van der Waals surface area contributed by atoms with Crippen LogP contribution in [0.4, 0.5) is 0 Å². The Balaban J connectivity index is 1.28. The maximum absolute atomic E-state index is 12.5. The van der Waals surface area contributed by atoms with E-state index in [9.17, 15) is 9.59 Å². The predicted molar refractivity (Wildman–Crippen MR) is 122 cm³/mol. The van der Waals surface area contributed by atoms with Gasteiger partial charge >= 0.3 is 0 Å². The molecule has 0 unspecified atom stereocenters. The minimum atomic E-state index is 0.0624. The summed E-state index contributed by atoms with van der Waals surface area (Å²) in [5.74, 6) is 1.07. The third-order valence-electron chi connectivity index (χ3n) is 5.69. The third-order valence-corrected chi connectivity index (χ3v) is 5.69. The van der Waals surface area contributed by atoms with Crippen LogP contribution in [0, 0.1) is 0 Å². The number of hydrogen-bond donors (Lipinski definition) is 1. The van der Waals surface area contributed by atoms with Crippen molar-refractivity contribution in [1.29, 1.82) is 0 Å². The summed E-state index contributed by atoms with van der Waals surface area (Å²) in [7, 11) is 1.65. The SMILES string of the molecule is COc1ccc(CCC(=O)N2CCN(CC(=O)NCCCc3ccccc3)CC2)cc1. The van der Waals surface area contributed by atoms with E-state index in [-0.39, 0.29) is 11.8 Å². The number of amides is 2. The minimum Gasteiger partial charge on any atom is -0.497 e. The molecule has 0 spiro atoms. The largest absolute Gasteiger partial charge is 0.497 e. The number of nitrogens with zero attached hydrogens (tertiary/aromatic N) is 2. The number of nitrogens with one attached hydrogen (secondary N) is 1. The quantitative estimate of drug-likeness (QED) is 0.597. The number of piperazine rings is 1. The van der Waals surface area contributed by atoms with Gasteiger partial charge in [0.1, 0.15) is 5.75 Å². The molecular formula is C25H33N3O3. The molecule has 0 radical (unpaired) electrons. The van der Waals surface area contributed by atoms with Crippen LogP contribution in [0.15, 0.2) is 54.6 Å². The van der Waals surface area contributed by atoms with Crippen molar-refractivity contribution in [2.45, 2.75) is 25.7 Å². The number of hydrogen-bond acceptors (Lipinski definition) is 4. The minimum absolute atomic E-state index is 0.0624. The Labute approximate surface area is 185 Å². The Bertz CT molecular complexity index is 816. The molecule has 1 saturated heterocycles. The number of aryl methyl sites for hydroxylation is 2. The number of benzene rings is 2. The lowest BCUT2D eigenvalue weighted by Gasteiger charge is -2.34. The van der Waals surface area contributed by atoms with Crippen molar-refractivity contribution in [1.82, 2.24) is 15.1 Å². The molecule has 6 nitrogen and oxygen atoms in total. The molecule has 0 atom stereocenters. The summed E-state index contributed by atoms with van der Waals surface area (Å²) in [6.07, 6.45) is 3.15. The summed E-state index contributed by atoms with van der Waals surface area (Å²) in [4.78, 5) is 28.8. The molecule has 1 fully saturated rings. The Hall–Kier alpha value is -2.86. The fraction of sp³-hybridized carbons (Fsp3) is 0.440. The van der Waals surface area contributed by atoms with Gasteiger partial charge in [-0.15, -0.1) is 0 Å². The smallest absolute Gasteiger partial charge is 0.234 e. The first-order valence-electron chi connectivity index (χ1n) is 11.1. The van der Waals surface area contributed by atoms with Gasteiger partial charge in [0.25, 0.3) is 0 Å². The van der Waals surface area contributed by atoms with Gasteiger partial charge < -0.3 is 15.0 Å². The zero-order valence-corrected chi connectivity index (χ0v) is 18.4. The zero-order valence-electron chi connectivity index (χ0n) is 18.4. The van der Waals surface area contributed by atoms with Crippen LogP contribution in [-0.2, 0) is 22.4 Å². The second kappa shape index (κ2) is 12.1. The van der Waals surface area contributed by atoms with E-state index in [0.29, 0.717) is 32.6 Å². The van der Waals surface area contributed by atoms with Crippen LogP contribution < -0.4 is 10.1 Å². The first-order chi connectivity index (χ1) is 15.1. The van der Waals surface area contributed by atoms with Crippen LogP contribution in [0.5, 0.6) is 5.75 Å². The van der Waals surface area contributed by atoms with E-state index >= 15 is 0 Å². The van der Waals surface area contributed by atoms with E-state index in [1.54, 1.807) is 7.11 Å². The lowest BCUT2D eigenvalue weighted by molar-refractivity contribution is -0.133. The highest BCUT2D eigenvalue weighted by molar-refractivity contribution is 5.78. The maximum Gasteiger partial charge on any atom is 0.234 e. The molecule has 2 amide bonds. The maximum atomic E-state index is 12.5. The highest BCUT2D eigenvalue weighted by atomic mass is 16.5. The van der Waals surface area contributed by atoms with Gasteiger partial charge in [0, 0.05) is 39.1 Å². The zero-order chi connectivity index (χ0) is 21.9. The van der Waals surface area contributed by atoms with Crippen molar-refractivity contribution in [3.05, 3.63) is 65.7 Å². The van der Waals surface area contributed by atoms with Crippen molar-refractivity contribution >= 4 is 11.8 Å². The third kappa shape index (κ3) is 7.72. The van der Waals surface area contributed by atoms with Gasteiger partial charge in [0.15, 0.2) is 0 Å². The highest BCUT2D eigenvalue weighted by Gasteiger charge is 2.22. The van der Waals surface area contributed by atoms with Crippen molar-refractivity contribution in [3.8, 4) is 5.75 Å². The Morgan fingerprint density at radius 3 is 2.26 bits per heavy atom. The van der Waals surface area contributed by atoms with E-state index < -0.39 is 0 Å². The van der Waals surface area contributed by atoms with Gasteiger partial charge in [0.2, 0.25) is 11.8 Å². The summed E-state index contributed by atoms with van der Waals surface area (Å²) in [5.41, 5.74) is 2.43. The fourth-order valence-electron chi connectivity index (χ4n) is 3.78. The molecule has 1 aliphatic heterocycles. The Morgan fingerprint density at radius 2 is 1.58 bits per heavy atom. The summed E-state index contributed by atoms with van der Waals surface area (Å²) in [5, 5.41) is 3.01. The van der Waals surface area contributed by atoms with Crippen molar-refractivity contribution in [3.63, 3.8) is 0 Å². The van der Waals surface area contributed by atoms with E-state index in [4.69, 9.17) is 4.74 Å². The molecule has 2 aromatic carbocycles. The lowest BCUT2D eigenvalue weighted by atomic mass is 10.1. The highest BCUT2D eigenvalue weighted by Crippen LogP contribution is 2.13. The average molecular weight is 424 g/mol. The average Bonchev–Trinajstić information content (AvgIpc) is 2.82. The molecule has 0 saturated carbocycles. The number of carbonyl (C=O) groups excluding carboxylic acids is 2. The Kier molecular flexibility index (Phi) is 8.91. The Morgan fingerprint density at radius 1 is 0.903 bits per heavy atom. The van der Waals surface area contributed by atoms with Crippen LogP contribution >= 0.6 is 0 Å². The number of rotatable bonds is 10. The number of ether oxygens (including phenoxy) is 1. The molecule has 3 rings (SSSR count). The van der Waals surface area contributed by atoms with Crippen LogP contribution in [0.2, 0.25) is 0 Å². The van der Waals surface area contributed by atoms with Crippen molar-refractivity contribution in [2.75, 3.05) is 46.4 Å². The first kappa shape index (κ1) is 22.8. The van der Waals surface area contributed by atoms with Crippen LogP contribution in [0.3, 0.4) is 0 Å². The molecule has 0 bridgehead atoms. The molecule has 1 heterocycles. The van der Waals surface area contributed by atoms with Crippen molar-refractivity contribution < 1.29 is 14.3 Å². The standard InChI is InChI=1S/C25H33N3O3/c1-31-23-12-9-22(10-13-23)11-14-25(30)28-18-16-27(17-19-28)20-24(29)26-15-5-8-21-6-3-2-4-7-21/h2-4,6-7,9-10,12-13H,5,8,11,14-20H2,1H3,(H,26,29). The van der Waals surface area contributed by atoms with Gasteiger partial charge in [0.05, 0.1) is 13.7 Å². The second-order valence-corrected chi connectivity index (χ2v) is 7.94. The van der Waals surface area contributed by atoms with E-state index in [1.165, 1.54) is 5.56 Å². The normalized spacial score (nSPS) is 14.3. The second-order valence-electron chi connectivity index (χ2n) is 7.94. The van der Waals surface area contributed by atoms with Crippen molar-refractivity contribution in [2.24, 2.45) is 0 Å². The molecule has 6 heteroatoms. The summed E-state index contributed by atoms with van der Waals surface area (Å²) in [6.45, 7) is 3.94. The molecular weight excluding hydrogens is 390 g/mol. The molecule has 166 valence electrons. The van der Waals surface area contributed by atoms with E-state index in [0.717, 1.165) is 43.7 Å². The lowest BCUT2D eigenvalue weighted by Crippen LogP contribution is -2.51. The first-order valence-corrected chi connectivity index (χ1v) is 11.1. The van der Waals surface area contributed by atoms with Gasteiger partial charge in [-0.2, -0.15) is 0 Å². The summed E-state index contributed by atoms with van der Waals surface area (Å²) < 4.78 is 5.16. The molecule has 1 aliphatic rings. The summed E-state index contributed by atoms with van der Waals surface area (Å²) in [6, 6.07) is 18.2. The van der Waals surface area contributed by atoms with Gasteiger partial charge in [-0.25, -0.2) is 0 Å². The van der Waals surface area contributed by atoms with E-state index in [2.05, 4.69) is 22.3 Å². The molecule has 2 aromatic rings. The van der Waals surface area contributed by atoms with Crippen LogP contribution in [0.25, 0.3) is 0 Å². The van der Waals surface area contributed by atoms with Gasteiger partial charge in [-0.05, 0) is 42.5 Å². The molecule has 0 aromatic heterocycles. The van der Waals surface area contributed by atoms with Gasteiger partial charge in [-0.3, -0.25) is 14.5 Å². The topological polar surface area (TPSA) is 61.9 Å².